The third kappa shape index (κ3) is 3.24. The van der Waals surface area contributed by atoms with E-state index in [1.165, 1.54) is 12.8 Å². The molecule has 1 aliphatic rings. The molecule has 0 radical (unpaired) electrons. The highest BCUT2D eigenvalue weighted by atomic mass is 15.3. The molecule has 0 bridgehead atoms. The van der Waals surface area contributed by atoms with Crippen LogP contribution in [-0.4, -0.2) is 28.6 Å². The average molecular weight is 262 g/mol. The minimum Gasteiger partial charge on any atom is -0.336 e. The summed E-state index contributed by atoms with van der Waals surface area (Å²) < 4.78 is 0. The summed E-state index contributed by atoms with van der Waals surface area (Å²) in [6, 6.07) is 2.61. The lowest BCUT2D eigenvalue weighted by atomic mass is 9.97. The maximum atomic E-state index is 6.13. The topological polar surface area (TPSA) is 55.0 Å². The molecular formula is C15H26N4. The van der Waals surface area contributed by atoms with E-state index in [1.807, 2.05) is 6.92 Å². The van der Waals surface area contributed by atoms with Gasteiger partial charge in [0.25, 0.3) is 0 Å². The van der Waals surface area contributed by atoms with Gasteiger partial charge in [-0.3, -0.25) is 0 Å². The van der Waals surface area contributed by atoms with Crippen molar-refractivity contribution >= 4 is 5.95 Å². The number of aryl methyl sites for hydroxylation is 1. The second-order valence-corrected chi connectivity index (χ2v) is 6.00. The molecule has 0 amide bonds. The summed E-state index contributed by atoms with van der Waals surface area (Å²) in [6.45, 7) is 9.49. The first-order valence-electron chi connectivity index (χ1n) is 7.37. The molecule has 106 valence electrons. The molecule has 2 unspecified atom stereocenters. The van der Waals surface area contributed by atoms with Gasteiger partial charge in [0.15, 0.2) is 0 Å². The van der Waals surface area contributed by atoms with Crippen molar-refractivity contribution in [2.45, 2.75) is 65.0 Å². The maximum Gasteiger partial charge on any atom is 0.226 e. The Morgan fingerprint density at radius 2 is 2.00 bits per heavy atom. The first-order valence-corrected chi connectivity index (χ1v) is 7.37. The fraction of sp³-hybridized carbons (Fsp3) is 0.733. The van der Waals surface area contributed by atoms with E-state index in [2.05, 4.69) is 36.7 Å². The third-order valence-corrected chi connectivity index (χ3v) is 3.87. The fourth-order valence-electron chi connectivity index (χ4n) is 2.75. The minimum absolute atomic E-state index is 0.159. The van der Waals surface area contributed by atoms with Crippen LogP contribution in [0.15, 0.2) is 6.07 Å². The molecule has 2 heterocycles. The molecule has 0 saturated carbocycles. The van der Waals surface area contributed by atoms with Crippen molar-refractivity contribution in [1.82, 2.24) is 9.97 Å². The van der Waals surface area contributed by atoms with Gasteiger partial charge in [0, 0.05) is 30.0 Å². The molecule has 0 aliphatic carbocycles. The molecule has 0 spiro atoms. The second kappa shape index (κ2) is 5.87. The van der Waals surface area contributed by atoms with Crippen LogP contribution in [0.4, 0.5) is 5.95 Å². The zero-order chi connectivity index (χ0) is 14.0. The molecule has 1 aromatic rings. The van der Waals surface area contributed by atoms with Crippen LogP contribution in [0, 0.1) is 6.92 Å². The Balaban J connectivity index is 2.33. The Morgan fingerprint density at radius 3 is 2.63 bits per heavy atom. The standard InChI is InChI=1S/C15H26N4/c1-10(2)13-9-11(3)17-15(18-13)19-8-6-5-7-14(19)12(4)16/h9-10,12,14H,5-8,16H2,1-4H3. The maximum absolute atomic E-state index is 6.13. The van der Waals surface area contributed by atoms with Gasteiger partial charge in [-0.15, -0.1) is 0 Å². The summed E-state index contributed by atoms with van der Waals surface area (Å²) in [4.78, 5) is 11.7. The average Bonchev–Trinajstić information content (AvgIpc) is 2.37. The summed E-state index contributed by atoms with van der Waals surface area (Å²) >= 11 is 0. The summed E-state index contributed by atoms with van der Waals surface area (Å²) in [5.41, 5.74) is 8.30. The number of rotatable bonds is 3. The Morgan fingerprint density at radius 1 is 1.26 bits per heavy atom. The molecule has 1 aromatic heterocycles. The monoisotopic (exact) mass is 262 g/mol. The Kier molecular flexibility index (Phi) is 4.40. The van der Waals surface area contributed by atoms with Crippen molar-refractivity contribution in [2.75, 3.05) is 11.4 Å². The molecular weight excluding hydrogens is 236 g/mol. The highest BCUT2D eigenvalue weighted by Gasteiger charge is 2.27. The molecule has 4 heteroatoms. The summed E-state index contributed by atoms with van der Waals surface area (Å²) in [5, 5.41) is 0. The summed E-state index contributed by atoms with van der Waals surface area (Å²) in [6.07, 6.45) is 3.61. The van der Waals surface area contributed by atoms with Crippen molar-refractivity contribution < 1.29 is 0 Å². The SMILES string of the molecule is Cc1cc(C(C)C)nc(N2CCCCC2C(C)N)n1. The predicted octanol–water partition coefficient (Wildman–Crippen LogP) is 2.61. The van der Waals surface area contributed by atoms with Crippen LogP contribution in [0.3, 0.4) is 0 Å². The van der Waals surface area contributed by atoms with Crippen molar-refractivity contribution in [2.24, 2.45) is 5.73 Å². The van der Waals surface area contributed by atoms with E-state index >= 15 is 0 Å². The number of hydrogen-bond donors (Lipinski definition) is 1. The largest absolute Gasteiger partial charge is 0.336 e. The second-order valence-electron chi connectivity index (χ2n) is 6.00. The molecule has 4 nitrogen and oxygen atoms in total. The van der Waals surface area contributed by atoms with Gasteiger partial charge in [-0.2, -0.15) is 0 Å². The highest BCUT2D eigenvalue weighted by molar-refractivity contribution is 5.36. The van der Waals surface area contributed by atoms with E-state index in [0.29, 0.717) is 12.0 Å². The number of anilines is 1. The van der Waals surface area contributed by atoms with Gasteiger partial charge in [0.05, 0.1) is 0 Å². The van der Waals surface area contributed by atoms with E-state index in [-0.39, 0.29) is 6.04 Å². The molecule has 2 rings (SSSR count). The van der Waals surface area contributed by atoms with Crippen molar-refractivity contribution in [1.29, 1.82) is 0 Å². The normalized spacial score (nSPS) is 21.8. The highest BCUT2D eigenvalue weighted by Crippen LogP contribution is 2.25. The molecule has 1 fully saturated rings. The van der Waals surface area contributed by atoms with E-state index in [4.69, 9.17) is 10.7 Å². The zero-order valence-electron chi connectivity index (χ0n) is 12.6. The number of nitrogens with zero attached hydrogens (tertiary/aromatic N) is 3. The zero-order valence-corrected chi connectivity index (χ0v) is 12.6. The number of aromatic nitrogens is 2. The lowest BCUT2D eigenvalue weighted by molar-refractivity contribution is 0.407. The molecule has 2 atom stereocenters. The Hall–Kier alpha value is -1.16. The number of nitrogens with two attached hydrogens (primary N) is 1. The van der Waals surface area contributed by atoms with Crippen LogP contribution < -0.4 is 10.6 Å². The van der Waals surface area contributed by atoms with Gasteiger partial charge in [-0.25, -0.2) is 9.97 Å². The predicted molar refractivity (Wildman–Crippen MR) is 79.5 cm³/mol. The Bertz CT molecular complexity index is 428. The van der Waals surface area contributed by atoms with Crippen LogP contribution in [0.1, 0.15) is 57.3 Å². The fourth-order valence-corrected chi connectivity index (χ4v) is 2.75. The molecule has 1 saturated heterocycles. The quantitative estimate of drug-likeness (QED) is 0.909. The van der Waals surface area contributed by atoms with E-state index in [9.17, 15) is 0 Å². The lowest BCUT2D eigenvalue weighted by Gasteiger charge is -2.38. The molecule has 1 aliphatic heterocycles. The summed E-state index contributed by atoms with van der Waals surface area (Å²) in [5.74, 6) is 1.30. The van der Waals surface area contributed by atoms with Crippen molar-refractivity contribution in [3.63, 3.8) is 0 Å². The van der Waals surface area contributed by atoms with Crippen LogP contribution in [0.5, 0.6) is 0 Å². The van der Waals surface area contributed by atoms with Crippen LogP contribution in [0.2, 0.25) is 0 Å². The van der Waals surface area contributed by atoms with Crippen LogP contribution in [-0.2, 0) is 0 Å². The smallest absolute Gasteiger partial charge is 0.226 e. The lowest BCUT2D eigenvalue weighted by Crippen LogP contribution is -2.50. The van der Waals surface area contributed by atoms with Crippen molar-refractivity contribution in [3.05, 3.63) is 17.5 Å². The van der Waals surface area contributed by atoms with Crippen LogP contribution in [0.25, 0.3) is 0 Å². The van der Waals surface area contributed by atoms with E-state index in [0.717, 1.165) is 30.3 Å². The molecule has 19 heavy (non-hydrogen) atoms. The van der Waals surface area contributed by atoms with E-state index < -0.39 is 0 Å². The van der Waals surface area contributed by atoms with E-state index in [1.54, 1.807) is 0 Å². The van der Waals surface area contributed by atoms with Crippen molar-refractivity contribution in [3.8, 4) is 0 Å². The minimum atomic E-state index is 0.159. The number of piperidine rings is 1. The Labute approximate surface area is 116 Å². The first-order chi connectivity index (χ1) is 8.99. The van der Waals surface area contributed by atoms with Crippen LogP contribution >= 0.6 is 0 Å². The molecule has 0 aromatic carbocycles. The van der Waals surface area contributed by atoms with Gasteiger partial charge in [0.1, 0.15) is 0 Å². The first kappa shape index (κ1) is 14.3. The van der Waals surface area contributed by atoms with Gasteiger partial charge in [0.2, 0.25) is 5.95 Å². The summed E-state index contributed by atoms with van der Waals surface area (Å²) in [7, 11) is 0. The number of hydrogen-bond acceptors (Lipinski definition) is 4. The van der Waals surface area contributed by atoms with Gasteiger partial charge in [-0.1, -0.05) is 13.8 Å². The van der Waals surface area contributed by atoms with Gasteiger partial charge < -0.3 is 10.6 Å². The third-order valence-electron chi connectivity index (χ3n) is 3.87. The van der Waals surface area contributed by atoms with Gasteiger partial charge >= 0.3 is 0 Å². The van der Waals surface area contributed by atoms with Gasteiger partial charge in [-0.05, 0) is 45.1 Å². The molecule has 2 N–H and O–H groups in total.